The van der Waals surface area contributed by atoms with Gasteiger partial charge in [-0.05, 0) is 25.0 Å². The van der Waals surface area contributed by atoms with Crippen LogP contribution in [0.15, 0.2) is 24.3 Å². The summed E-state index contributed by atoms with van der Waals surface area (Å²) in [5.74, 6) is -0.525. The van der Waals surface area contributed by atoms with Crippen molar-refractivity contribution in [1.29, 1.82) is 0 Å². The van der Waals surface area contributed by atoms with E-state index in [1.807, 2.05) is 12.1 Å². The highest BCUT2D eigenvalue weighted by Gasteiger charge is 2.10. The van der Waals surface area contributed by atoms with Gasteiger partial charge in [-0.2, -0.15) is 0 Å². The molecule has 0 radical (unpaired) electrons. The summed E-state index contributed by atoms with van der Waals surface area (Å²) in [6.07, 6.45) is -0.427. The number of aliphatic hydroxyl groups is 1. The first-order valence-electron chi connectivity index (χ1n) is 5.82. The van der Waals surface area contributed by atoms with E-state index in [-0.39, 0.29) is 5.91 Å². The lowest BCUT2D eigenvalue weighted by Gasteiger charge is -2.12. The molecule has 5 heteroatoms. The summed E-state index contributed by atoms with van der Waals surface area (Å²) in [7, 11) is 0. The molecular formula is C13H18N2O3. The van der Waals surface area contributed by atoms with Crippen molar-refractivity contribution in [3.8, 4) is 0 Å². The van der Waals surface area contributed by atoms with Crippen LogP contribution in [0.25, 0.3) is 0 Å². The Kier molecular flexibility index (Phi) is 5.32. The van der Waals surface area contributed by atoms with E-state index in [0.717, 1.165) is 5.56 Å². The number of benzene rings is 1. The molecule has 18 heavy (non-hydrogen) atoms. The Labute approximate surface area is 106 Å². The fourth-order valence-electron chi connectivity index (χ4n) is 1.47. The second-order valence-electron chi connectivity index (χ2n) is 4.06. The molecule has 0 bridgehead atoms. The number of carbonyl (C=O) groups excluding carboxylic acids is 2. The van der Waals surface area contributed by atoms with Crippen LogP contribution in [0.1, 0.15) is 19.4 Å². The molecule has 98 valence electrons. The molecule has 0 saturated heterocycles. The molecule has 0 aliphatic heterocycles. The minimum Gasteiger partial charge on any atom is -0.384 e. The maximum absolute atomic E-state index is 11.4. The van der Waals surface area contributed by atoms with Gasteiger partial charge in [0.2, 0.25) is 5.91 Å². The molecule has 0 heterocycles. The third-order valence-corrected chi connectivity index (χ3v) is 2.42. The van der Waals surface area contributed by atoms with Crippen LogP contribution < -0.4 is 10.6 Å². The summed E-state index contributed by atoms with van der Waals surface area (Å²) in [6.45, 7) is 3.38. The van der Waals surface area contributed by atoms with Crippen molar-refractivity contribution in [1.82, 2.24) is 5.32 Å². The fraction of sp³-hybridized carbons (Fsp3) is 0.385. The Morgan fingerprint density at radius 1 is 1.33 bits per heavy atom. The van der Waals surface area contributed by atoms with Crippen molar-refractivity contribution in [2.45, 2.75) is 26.4 Å². The number of rotatable bonds is 5. The van der Waals surface area contributed by atoms with Gasteiger partial charge in [-0.25, -0.2) is 0 Å². The van der Waals surface area contributed by atoms with Gasteiger partial charge in [-0.15, -0.1) is 0 Å². The van der Waals surface area contributed by atoms with E-state index in [2.05, 4.69) is 10.6 Å². The summed E-state index contributed by atoms with van der Waals surface area (Å²) in [4.78, 5) is 22.2. The Bertz CT molecular complexity index is 430. The number of hydrogen-bond acceptors (Lipinski definition) is 3. The van der Waals surface area contributed by atoms with Gasteiger partial charge in [-0.1, -0.05) is 18.2 Å². The van der Waals surface area contributed by atoms with Crippen molar-refractivity contribution in [3.63, 3.8) is 0 Å². The first-order valence-corrected chi connectivity index (χ1v) is 5.82. The lowest BCUT2D eigenvalue weighted by molar-refractivity contribution is -0.123. The highest BCUT2D eigenvalue weighted by Crippen LogP contribution is 2.15. The van der Waals surface area contributed by atoms with Crippen LogP contribution >= 0.6 is 0 Å². The van der Waals surface area contributed by atoms with E-state index >= 15 is 0 Å². The molecule has 0 unspecified atom stereocenters. The predicted molar refractivity (Wildman–Crippen MR) is 69.1 cm³/mol. The molecule has 0 fully saturated rings. The van der Waals surface area contributed by atoms with Crippen molar-refractivity contribution >= 4 is 17.5 Å². The maximum atomic E-state index is 11.4. The highest BCUT2D eigenvalue weighted by molar-refractivity contribution is 5.94. The minimum atomic E-state index is -1.05. The number of hydrogen-bond donors (Lipinski definition) is 3. The normalized spacial score (nSPS) is 11.7. The summed E-state index contributed by atoms with van der Waals surface area (Å²) in [6, 6.07) is 7.31. The molecule has 1 atom stereocenters. The molecule has 1 aromatic carbocycles. The standard InChI is InChI=1S/C13H18N2O3/c1-9(16)13(18)15-12-6-4-3-5-11(12)7-8-14-10(2)17/h3-6,9,16H,7-8H2,1-2H3,(H,14,17)(H,15,18)/t9-/m1/s1. The average Bonchev–Trinajstić information content (AvgIpc) is 2.30. The fourth-order valence-corrected chi connectivity index (χ4v) is 1.47. The summed E-state index contributed by atoms with van der Waals surface area (Å²) < 4.78 is 0. The topological polar surface area (TPSA) is 78.4 Å². The summed E-state index contributed by atoms with van der Waals surface area (Å²) >= 11 is 0. The molecular weight excluding hydrogens is 232 g/mol. The molecule has 1 aromatic rings. The molecule has 0 spiro atoms. The van der Waals surface area contributed by atoms with Gasteiger partial charge in [-0.3, -0.25) is 9.59 Å². The van der Waals surface area contributed by atoms with E-state index in [0.29, 0.717) is 18.7 Å². The largest absolute Gasteiger partial charge is 0.384 e. The lowest BCUT2D eigenvalue weighted by atomic mass is 10.1. The number of nitrogens with one attached hydrogen (secondary N) is 2. The van der Waals surface area contributed by atoms with Crippen LogP contribution in [0.3, 0.4) is 0 Å². The Morgan fingerprint density at radius 2 is 2.00 bits per heavy atom. The third-order valence-electron chi connectivity index (χ3n) is 2.42. The summed E-state index contributed by atoms with van der Waals surface area (Å²) in [5.41, 5.74) is 1.58. The van der Waals surface area contributed by atoms with Gasteiger partial charge >= 0.3 is 0 Å². The van der Waals surface area contributed by atoms with Crippen LogP contribution in [0.5, 0.6) is 0 Å². The second kappa shape index (κ2) is 6.76. The lowest BCUT2D eigenvalue weighted by Crippen LogP contribution is -2.26. The van der Waals surface area contributed by atoms with Gasteiger partial charge < -0.3 is 15.7 Å². The number of aliphatic hydroxyl groups excluding tert-OH is 1. The highest BCUT2D eigenvalue weighted by atomic mass is 16.3. The molecule has 3 N–H and O–H groups in total. The van der Waals surface area contributed by atoms with E-state index in [1.165, 1.54) is 13.8 Å². The summed E-state index contributed by atoms with van der Waals surface area (Å²) in [5, 5.41) is 14.5. The maximum Gasteiger partial charge on any atom is 0.252 e. The van der Waals surface area contributed by atoms with Crippen LogP contribution in [0.2, 0.25) is 0 Å². The van der Waals surface area contributed by atoms with Crippen molar-refractivity contribution < 1.29 is 14.7 Å². The Balaban J connectivity index is 2.67. The number of para-hydroxylation sites is 1. The molecule has 0 aliphatic rings. The van der Waals surface area contributed by atoms with E-state index in [4.69, 9.17) is 5.11 Å². The smallest absolute Gasteiger partial charge is 0.252 e. The predicted octanol–water partition coefficient (Wildman–Crippen LogP) is 0.685. The third kappa shape index (κ3) is 4.55. The minimum absolute atomic E-state index is 0.0829. The van der Waals surface area contributed by atoms with Crippen molar-refractivity contribution in [2.24, 2.45) is 0 Å². The number of anilines is 1. The average molecular weight is 250 g/mol. The van der Waals surface area contributed by atoms with Gasteiger partial charge in [0.15, 0.2) is 0 Å². The molecule has 0 aromatic heterocycles. The quantitative estimate of drug-likeness (QED) is 0.719. The Morgan fingerprint density at radius 3 is 2.61 bits per heavy atom. The van der Waals surface area contributed by atoms with Gasteiger partial charge in [0, 0.05) is 19.2 Å². The van der Waals surface area contributed by atoms with Crippen LogP contribution in [-0.2, 0) is 16.0 Å². The number of carbonyl (C=O) groups is 2. The SMILES string of the molecule is CC(=O)NCCc1ccccc1NC(=O)[C@@H](C)O. The first kappa shape index (κ1) is 14.2. The van der Waals surface area contributed by atoms with Gasteiger partial charge in [0.1, 0.15) is 6.10 Å². The molecule has 5 nitrogen and oxygen atoms in total. The van der Waals surface area contributed by atoms with Crippen LogP contribution in [-0.4, -0.2) is 29.6 Å². The zero-order chi connectivity index (χ0) is 13.5. The van der Waals surface area contributed by atoms with Gasteiger partial charge in [0.05, 0.1) is 0 Å². The molecule has 2 amide bonds. The monoisotopic (exact) mass is 250 g/mol. The van der Waals surface area contributed by atoms with Crippen molar-refractivity contribution in [3.05, 3.63) is 29.8 Å². The van der Waals surface area contributed by atoms with E-state index < -0.39 is 12.0 Å². The second-order valence-corrected chi connectivity index (χ2v) is 4.06. The van der Waals surface area contributed by atoms with Crippen molar-refractivity contribution in [2.75, 3.05) is 11.9 Å². The van der Waals surface area contributed by atoms with Gasteiger partial charge in [0.25, 0.3) is 5.91 Å². The zero-order valence-corrected chi connectivity index (χ0v) is 10.6. The molecule has 0 saturated carbocycles. The van der Waals surface area contributed by atoms with E-state index in [9.17, 15) is 9.59 Å². The van der Waals surface area contributed by atoms with Crippen LogP contribution in [0.4, 0.5) is 5.69 Å². The zero-order valence-electron chi connectivity index (χ0n) is 10.6. The van der Waals surface area contributed by atoms with E-state index in [1.54, 1.807) is 12.1 Å². The van der Waals surface area contributed by atoms with Crippen LogP contribution in [0, 0.1) is 0 Å². The number of amides is 2. The Hall–Kier alpha value is -1.88. The molecule has 1 rings (SSSR count). The first-order chi connectivity index (χ1) is 8.50. The molecule has 0 aliphatic carbocycles.